The lowest BCUT2D eigenvalue weighted by Gasteiger charge is -2.33. The van der Waals surface area contributed by atoms with Crippen molar-refractivity contribution < 1.29 is 4.79 Å². The van der Waals surface area contributed by atoms with E-state index in [-0.39, 0.29) is 21.7 Å². The van der Waals surface area contributed by atoms with Crippen LogP contribution in [0, 0.1) is 5.41 Å². The first kappa shape index (κ1) is 18.0. The molecule has 0 aliphatic rings. The molecular formula is C15H31NOS. The molecule has 0 aromatic rings. The Morgan fingerprint density at radius 1 is 1.00 bits per heavy atom. The molecule has 0 saturated carbocycles. The van der Waals surface area contributed by atoms with Crippen LogP contribution in [0.3, 0.4) is 0 Å². The highest BCUT2D eigenvalue weighted by atomic mass is 32.2. The zero-order chi connectivity index (χ0) is 14.8. The molecule has 0 unspecified atom stereocenters. The zero-order valence-corrected chi connectivity index (χ0v) is 14.4. The van der Waals surface area contributed by atoms with Gasteiger partial charge in [-0.1, -0.05) is 41.5 Å². The van der Waals surface area contributed by atoms with Gasteiger partial charge in [-0.15, -0.1) is 0 Å². The number of ketones is 1. The summed E-state index contributed by atoms with van der Waals surface area (Å²) in [7, 11) is 0. The molecule has 1 atom stereocenters. The number of nitrogens with one attached hydrogen (secondary N) is 1. The number of thioether (sulfide) groups is 1. The summed E-state index contributed by atoms with van der Waals surface area (Å²) in [4.78, 5) is 12.5. The molecule has 0 rings (SSSR count). The standard InChI is InChI=1S/C15H31NOS/c1-13(2,3)12(17)11(16-14(4,5)6)10-18-15(7,8)9/h11,16H,10H2,1-9H3/t11-/m0/s1. The second kappa shape index (κ2) is 5.96. The molecule has 0 amide bonds. The maximum atomic E-state index is 12.5. The number of carbonyl (C=O) groups is 1. The average molecular weight is 273 g/mol. The molecule has 0 aromatic heterocycles. The third kappa shape index (κ3) is 8.15. The van der Waals surface area contributed by atoms with Crippen molar-refractivity contribution >= 4 is 17.5 Å². The summed E-state index contributed by atoms with van der Waals surface area (Å²) in [5.41, 5.74) is -0.328. The van der Waals surface area contributed by atoms with Crippen molar-refractivity contribution in [2.75, 3.05) is 5.75 Å². The minimum Gasteiger partial charge on any atom is -0.302 e. The van der Waals surface area contributed by atoms with Gasteiger partial charge in [0.15, 0.2) is 5.78 Å². The molecule has 3 heteroatoms. The van der Waals surface area contributed by atoms with E-state index in [1.807, 2.05) is 32.5 Å². The van der Waals surface area contributed by atoms with E-state index in [0.717, 1.165) is 5.75 Å². The Hall–Kier alpha value is -0.0200. The van der Waals surface area contributed by atoms with Crippen molar-refractivity contribution in [3.8, 4) is 0 Å². The van der Waals surface area contributed by atoms with Crippen LogP contribution < -0.4 is 5.32 Å². The molecule has 0 aliphatic heterocycles. The first-order valence-corrected chi connectivity index (χ1v) is 7.67. The zero-order valence-electron chi connectivity index (χ0n) is 13.6. The Labute approximate surface area is 118 Å². The highest BCUT2D eigenvalue weighted by Gasteiger charge is 2.32. The maximum absolute atomic E-state index is 12.5. The molecular weight excluding hydrogens is 242 g/mol. The van der Waals surface area contributed by atoms with Gasteiger partial charge in [-0.3, -0.25) is 4.79 Å². The highest BCUT2D eigenvalue weighted by Crippen LogP contribution is 2.27. The summed E-state index contributed by atoms with van der Waals surface area (Å²) in [6.07, 6.45) is 0. The lowest BCUT2D eigenvalue weighted by molar-refractivity contribution is -0.128. The molecule has 0 aliphatic carbocycles. The Morgan fingerprint density at radius 2 is 1.44 bits per heavy atom. The van der Waals surface area contributed by atoms with Crippen molar-refractivity contribution in [1.29, 1.82) is 0 Å². The average Bonchev–Trinajstić information content (AvgIpc) is 2.06. The summed E-state index contributed by atoms with van der Waals surface area (Å²) in [5, 5.41) is 3.46. The fraction of sp³-hybridized carbons (Fsp3) is 0.933. The number of Topliss-reactive ketones (excluding diaryl/α,β-unsaturated/α-hetero) is 1. The molecule has 0 spiro atoms. The van der Waals surface area contributed by atoms with E-state index in [1.165, 1.54) is 0 Å². The molecule has 18 heavy (non-hydrogen) atoms. The smallest absolute Gasteiger partial charge is 0.155 e. The fourth-order valence-corrected chi connectivity index (χ4v) is 2.46. The molecule has 0 radical (unpaired) electrons. The normalized spacial score (nSPS) is 15.6. The summed E-state index contributed by atoms with van der Waals surface area (Å²) in [5.74, 6) is 1.13. The van der Waals surface area contributed by atoms with Crippen LogP contribution in [0.2, 0.25) is 0 Å². The van der Waals surface area contributed by atoms with Gasteiger partial charge in [0.2, 0.25) is 0 Å². The fourth-order valence-electron chi connectivity index (χ4n) is 1.56. The van der Waals surface area contributed by atoms with E-state index in [0.29, 0.717) is 5.78 Å². The summed E-state index contributed by atoms with van der Waals surface area (Å²) in [6, 6.07) is -0.0748. The van der Waals surface area contributed by atoms with Gasteiger partial charge in [-0.05, 0) is 20.8 Å². The van der Waals surface area contributed by atoms with Crippen LogP contribution in [0.4, 0.5) is 0 Å². The molecule has 1 N–H and O–H groups in total. The second-order valence-electron chi connectivity index (χ2n) is 7.98. The Balaban J connectivity index is 4.80. The van der Waals surface area contributed by atoms with Gasteiger partial charge in [0.05, 0.1) is 6.04 Å². The largest absolute Gasteiger partial charge is 0.302 e. The summed E-state index contributed by atoms with van der Waals surface area (Å²) in [6.45, 7) is 18.9. The number of hydrogen-bond acceptors (Lipinski definition) is 3. The second-order valence-corrected chi connectivity index (χ2v) is 9.83. The van der Waals surface area contributed by atoms with E-state index < -0.39 is 0 Å². The molecule has 2 nitrogen and oxygen atoms in total. The third-order valence-corrected chi connectivity index (χ3v) is 3.71. The first-order chi connectivity index (χ1) is 7.72. The lowest BCUT2D eigenvalue weighted by atomic mass is 9.86. The predicted octanol–water partition coefficient (Wildman–Crippen LogP) is 3.89. The summed E-state index contributed by atoms with van der Waals surface area (Å²) >= 11 is 1.84. The monoisotopic (exact) mass is 273 g/mol. The van der Waals surface area contributed by atoms with Crippen LogP contribution in [0.15, 0.2) is 0 Å². The molecule has 0 fully saturated rings. The van der Waals surface area contributed by atoms with Gasteiger partial charge in [0.25, 0.3) is 0 Å². The minimum atomic E-state index is -0.290. The SMILES string of the molecule is CC(C)(C)N[C@@H](CSC(C)(C)C)C(=O)C(C)(C)C. The van der Waals surface area contributed by atoms with Crippen LogP contribution in [0.1, 0.15) is 62.3 Å². The van der Waals surface area contributed by atoms with Gasteiger partial charge >= 0.3 is 0 Å². The van der Waals surface area contributed by atoms with Crippen LogP contribution in [-0.2, 0) is 4.79 Å². The molecule has 0 heterocycles. The maximum Gasteiger partial charge on any atom is 0.155 e. The molecule has 0 saturated heterocycles. The van der Waals surface area contributed by atoms with Crippen LogP contribution in [0.25, 0.3) is 0 Å². The van der Waals surface area contributed by atoms with Crippen molar-refractivity contribution in [1.82, 2.24) is 5.32 Å². The van der Waals surface area contributed by atoms with Crippen molar-refractivity contribution in [2.45, 2.75) is 78.6 Å². The van der Waals surface area contributed by atoms with E-state index in [2.05, 4.69) is 46.9 Å². The van der Waals surface area contributed by atoms with E-state index in [9.17, 15) is 4.79 Å². The number of carbonyl (C=O) groups excluding carboxylic acids is 1. The molecule has 108 valence electrons. The third-order valence-electron chi connectivity index (χ3n) is 2.35. The van der Waals surface area contributed by atoms with Crippen LogP contribution in [-0.4, -0.2) is 27.9 Å². The molecule has 0 bridgehead atoms. The van der Waals surface area contributed by atoms with E-state index >= 15 is 0 Å². The number of rotatable bonds is 4. The quantitative estimate of drug-likeness (QED) is 0.842. The van der Waals surface area contributed by atoms with Gasteiger partial charge in [0.1, 0.15) is 0 Å². The highest BCUT2D eigenvalue weighted by molar-refractivity contribution is 8.00. The summed E-state index contributed by atoms with van der Waals surface area (Å²) < 4.78 is 0.190. The van der Waals surface area contributed by atoms with Gasteiger partial charge < -0.3 is 5.32 Å². The van der Waals surface area contributed by atoms with Crippen molar-refractivity contribution in [3.63, 3.8) is 0 Å². The Kier molecular flexibility index (Phi) is 5.95. The van der Waals surface area contributed by atoms with Crippen LogP contribution >= 0.6 is 11.8 Å². The van der Waals surface area contributed by atoms with Crippen molar-refractivity contribution in [2.24, 2.45) is 5.41 Å². The van der Waals surface area contributed by atoms with Gasteiger partial charge in [-0.2, -0.15) is 11.8 Å². The van der Waals surface area contributed by atoms with E-state index in [1.54, 1.807) is 0 Å². The topological polar surface area (TPSA) is 29.1 Å². The van der Waals surface area contributed by atoms with E-state index in [4.69, 9.17) is 0 Å². The predicted molar refractivity (Wildman–Crippen MR) is 83.3 cm³/mol. The molecule has 0 aromatic carbocycles. The van der Waals surface area contributed by atoms with Gasteiger partial charge in [-0.25, -0.2) is 0 Å². The lowest BCUT2D eigenvalue weighted by Crippen LogP contribution is -2.52. The van der Waals surface area contributed by atoms with Crippen LogP contribution in [0.5, 0.6) is 0 Å². The van der Waals surface area contributed by atoms with Crippen molar-refractivity contribution in [3.05, 3.63) is 0 Å². The Bertz CT molecular complexity index is 278. The van der Waals surface area contributed by atoms with Gasteiger partial charge in [0, 0.05) is 21.5 Å². The first-order valence-electron chi connectivity index (χ1n) is 6.68. The Morgan fingerprint density at radius 3 is 1.72 bits per heavy atom. The number of hydrogen-bond donors (Lipinski definition) is 1. The minimum absolute atomic E-state index is 0.0377.